The number of carbonyl (C=O) groups excluding carboxylic acids is 2. The predicted molar refractivity (Wildman–Crippen MR) is 102 cm³/mol. The topological polar surface area (TPSA) is 110 Å². The number of amides is 2. The van der Waals surface area contributed by atoms with E-state index in [1.165, 1.54) is 12.1 Å². The molecule has 0 radical (unpaired) electrons. The van der Waals surface area contributed by atoms with Crippen LogP contribution in [0.1, 0.15) is 41.7 Å². The van der Waals surface area contributed by atoms with Gasteiger partial charge in [0.25, 0.3) is 5.91 Å². The molecule has 2 amide bonds. The average molecular weight is 387 g/mol. The Balaban J connectivity index is 1.66. The number of benzene rings is 2. The van der Waals surface area contributed by atoms with Crippen molar-refractivity contribution in [1.82, 2.24) is 5.32 Å². The van der Waals surface area contributed by atoms with Gasteiger partial charge in [-0.15, -0.1) is 0 Å². The van der Waals surface area contributed by atoms with Crippen LogP contribution in [0.4, 0.5) is 5.69 Å². The minimum Gasteiger partial charge on any atom is -0.346 e. The number of nitrogens with zero attached hydrogens (tertiary/aromatic N) is 1. The second-order valence-corrected chi connectivity index (χ2v) is 8.07. The van der Waals surface area contributed by atoms with Crippen LogP contribution in [0, 0.1) is 0 Å². The molecule has 1 fully saturated rings. The van der Waals surface area contributed by atoms with E-state index in [-0.39, 0.29) is 22.8 Å². The second kappa shape index (κ2) is 7.50. The fourth-order valence-electron chi connectivity index (χ4n) is 3.02. The molecule has 0 aliphatic carbocycles. The second-order valence-electron chi connectivity index (χ2n) is 6.50. The molecular formula is C19H21N3O4S. The zero-order valence-electron chi connectivity index (χ0n) is 14.9. The van der Waals surface area contributed by atoms with Gasteiger partial charge in [-0.3, -0.25) is 9.59 Å². The molecule has 0 aromatic heterocycles. The minimum absolute atomic E-state index is 0.0248. The average Bonchev–Trinajstić information content (AvgIpc) is 3.07. The van der Waals surface area contributed by atoms with Gasteiger partial charge in [-0.25, -0.2) is 13.6 Å². The molecule has 2 aromatic rings. The van der Waals surface area contributed by atoms with Crippen LogP contribution in [0.2, 0.25) is 0 Å². The first-order valence-electron chi connectivity index (χ1n) is 8.60. The fraction of sp³-hybridized carbons (Fsp3) is 0.263. The maximum Gasteiger partial charge on any atom is 0.251 e. The molecule has 3 N–H and O–H groups in total. The maximum absolute atomic E-state index is 12.4. The van der Waals surface area contributed by atoms with Crippen LogP contribution in [0.3, 0.4) is 0 Å². The lowest BCUT2D eigenvalue weighted by molar-refractivity contribution is -0.117. The summed E-state index contributed by atoms with van der Waals surface area (Å²) in [5.74, 6) is -0.152. The maximum atomic E-state index is 12.4. The minimum atomic E-state index is -3.74. The highest BCUT2D eigenvalue weighted by atomic mass is 32.2. The van der Waals surface area contributed by atoms with Gasteiger partial charge in [0.1, 0.15) is 0 Å². The summed E-state index contributed by atoms with van der Waals surface area (Å²) in [6.07, 6.45) is 1.41. The Labute approximate surface area is 158 Å². The van der Waals surface area contributed by atoms with Crippen LogP contribution in [0.5, 0.6) is 0 Å². The van der Waals surface area contributed by atoms with Gasteiger partial charge in [0.15, 0.2) is 0 Å². The molecule has 0 unspecified atom stereocenters. The van der Waals surface area contributed by atoms with Crippen molar-refractivity contribution in [1.29, 1.82) is 0 Å². The Hall–Kier alpha value is -2.71. The van der Waals surface area contributed by atoms with Crippen LogP contribution >= 0.6 is 0 Å². The van der Waals surface area contributed by atoms with Gasteiger partial charge in [0.05, 0.1) is 10.9 Å². The Bertz CT molecular complexity index is 953. The van der Waals surface area contributed by atoms with E-state index in [9.17, 15) is 18.0 Å². The first-order valence-corrected chi connectivity index (χ1v) is 10.1. The number of nitrogens with one attached hydrogen (secondary N) is 1. The van der Waals surface area contributed by atoms with Crippen LogP contribution in [-0.2, 0) is 14.8 Å². The third kappa shape index (κ3) is 4.35. The van der Waals surface area contributed by atoms with Crippen molar-refractivity contribution in [3.63, 3.8) is 0 Å². The van der Waals surface area contributed by atoms with Crippen LogP contribution < -0.4 is 15.4 Å². The Morgan fingerprint density at radius 1 is 1.11 bits per heavy atom. The summed E-state index contributed by atoms with van der Waals surface area (Å²) >= 11 is 0. The fourth-order valence-corrected chi connectivity index (χ4v) is 3.54. The number of rotatable bonds is 5. The monoisotopic (exact) mass is 387 g/mol. The first kappa shape index (κ1) is 19.1. The van der Waals surface area contributed by atoms with Crippen molar-refractivity contribution in [2.45, 2.75) is 30.7 Å². The number of nitrogens with two attached hydrogens (primary N) is 1. The normalized spacial score (nSPS) is 15.6. The zero-order valence-corrected chi connectivity index (χ0v) is 15.7. The number of hydrogen-bond acceptors (Lipinski definition) is 4. The van der Waals surface area contributed by atoms with Gasteiger partial charge in [0, 0.05) is 24.2 Å². The van der Waals surface area contributed by atoms with E-state index in [2.05, 4.69) is 5.32 Å². The van der Waals surface area contributed by atoms with Crippen molar-refractivity contribution in [3.8, 4) is 0 Å². The highest BCUT2D eigenvalue weighted by Crippen LogP contribution is 2.22. The lowest BCUT2D eigenvalue weighted by Crippen LogP contribution is -2.27. The molecule has 1 saturated heterocycles. The van der Waals surface area contributed by atoms with Gasteiger partial charge in [-0.05, 0) is 55.3 Å². The van der Waals surface area contributed by atoms with E-state index >= 15 is 0 Å². The molecule has 8 heteroatoms. The molecule has 1 heterocycles. The molecule has 0 spiro atoms. The van der Waals surface area contributed by atoms with Gasteiger partial charge in [0.2, 0.25) is 15.9 Å². The van der Waals surface area contributed by atoms with E-state index in [1.807, 2.05) is 0 Å². The summed E-state index contributed by atoms with van der Waals surface area (Å²) in [5.41, 5.74) is 2.04. The van der Waals surface area contributed by atoms with Crippen molar-refractivity contribution in [3.05, 3.63) is 59.7 Å². The van der Waals surface area contributed by atoms with E-state index in [0.717, 1.165) is 17.7 Å². The number of sulfonamides is 1. The van der Waals surface area contributed by atoms with Crippen LogP contribution in [-0.4, -0.2) is 26.8 Å². The van der Waals surface area contributed by atoms with Crippen LogP contribution in [0.15, 0.2) is 53.4 Å². The SMILES string of the molecule is C[C@H](NC(=O)c1ccc(N2CCCC2=O)cc1)c1ccc(S(N)(=O)=O)cc1. The summed E-state index contributed by atoms with van der Waals surface area (Å²) < 4.78 is 22.6. The molecule has 142 valence electrons. The van der Waals surface area contributed by atoms with Gasteiger partial charge in [-0.2, -0.15) is 0 Å². The largest absolute Gasteiger partial charge is 0.346 e. The van der Waals surface area contributed by atoms with Gasteiger partial charge < -0.3 is 10.2 Å². The number of hydrogen-bond donors (Lipinski definition) is 2. The molecule has 1 aliphatic rings. The lowest BCUT2D eigenvalue weighted by atomic mass is 10.1. The summed E-state index contributed by atoms with van der Waals surface area (Å²) in [6, 6.07) is 12.7. The predicted octanol–water partition coefficient (Wildman–Crippen LogP) is 1.95. The highest BCUT2D eigenvalue weighted by Gasteiger charge is 2.22. The molecule has 1 aliphatic heterocycles. The summed E-state index contributed by atoms with van der Waals surface area (Å²) in [7, 11) is -3.74. The molecule has 2 aromatic carbocycles. The van der Waals surface area contributed by atoms with E-state index in [0.29, 0.717) is 18.5 Å². The van der Waals surface area contributed by atoms with E-state index in [4.69, 9.17) is 5.14 Å². The highest BCUT2D eigenvalue weighted by molar-refractivity contribution is 7.89. The summed E-state index contributed by atoms with van der Waals surface area (Å²) in [4.78, 5) is 26.0. The molecule has 1 atom stereocenters. The Morgan fingerprint density at radius 3 is 2.26 bits per heavy atom. The van der Waals surface area contributed by atoms with Gasteiger partial charge >= 0.3 is 0 Å². The van der Waals surface area contributed by atoms with Crippen molar-refractivity contribution in [2.24, 2.45) is 5.14 Å². The molecular weight excluding hydrogens is 366 g/mol. The quantitative estimate of drug-likeness (QED) is 0.817. The molecule has 3 rings (SSSR count). The van der Waals surface area contributed by atoms with Crippen molar-refractivity contribution in [2.75, 3.05) is 11.4 Å². The summed E-state index contributed by atoms with van der Waals surface area (Å²) in [6.45, 7) is 2.51. The lowest BCUT2D eigenvalue weighted by Gasteiger charge is -2.17. The van der Waals surface area contributed by atoms with Crippen LogP contribution in [0.25, 0.3) is 0 Å². The first-order chi connectivity index (χ1) is 12.8. The number of primary sulfonamides is 1. The van der Waals surface area contributed by atoms with Crippen molar-refractivity contribution >= 4 is 27.5 Å². The number of carbonyl (C=O) groups is 2. The van der Waals surface area contributed by atoms with E-state index in [1.54, 1.807) is 48.2 Å². The van der Waals surface area contributed by atoms with Crippen molar-refractivity contribution < 1.29 is 18.0 Å². The van der Waals surface area contributed by atoms with E-state index < -0.39 is 10.0 Å². The Morgan fingerprint density at radius 2 is 1.74 bits per heavy atom. The third-order valence-electron chi connectivity index (χ3n) is 4.57. The number of anilines is 1. The smallest absolute Gasteiger partial charge is 0.251 e. The van der Waals surface area contributed by atoms with Gasteiger partial charge in [-0.1, -0.05) is 12.1 Å². The zero-order chi connectivity index (χ0) is 19.6. The molecule has 7 nitrogen and oxygen atoms in total. The molecule has 0 saturated carbocycles. The molecule has 27 heavy (non-hydrogen) atoms. The standard InChI is InChI=1S/C19H21N3O4S/c1-13(14-6-10-17(11-7-14)27(20,25)26)21-19(24)15-4-8-16(9-5-15)22-12-2-3-18(22)23/h4-11,13H,2-3,12H2,1H3,(H,21,24)(H2,20,25,26)/t13-/m0/s1. The Kier molecular flexibility index (Phi) is 5.29. The third-order valence-corrected chi connectivity index (χ3v) is 5.50. The summed E-state index contributed by atoms with van der Waals surface area (Å²) in [5, 5.41) is 7.95. The molecule has 0 bridgehead atoms.